The van der Waals surface area contributed by atoms with Gasteiger partial charge in [0.25, 0.3) is 6.43 Å². The summed E-state index contributed by atoms with van der Waals surface area (Å²) in [5.74, 6) is 0. The third-order valence-corrected chi connectivity index (χ3v) is 3.07. The van der Waals surface area contributed by atoms with Gasteiger partial charge in [-0.1, -0.05) is 6.07 Å². The number of rotatable bonds is 3. The molecule has 0 saturated carbocycles. The molecule has 1 aromatic carbocycles. The molecule has 0 spiro atoms. The number of nitrogens with one attached hydrogen (secondary N) is 1. The van der Waals surface area contributed by atoms with Crippen LogP contribution in [0.1, 0.15) is 17.0 Å². The van der Waals surface area contributed by atoms with E-state index in [4.69, 9.17) is 0 Å². The highest BCUT2D eigenvalue weighted by atomic mass is 32.1. The minimum atomic E-state index is -2.43. The van der Waals surface area contributed by atoms with E-state index in [-0.39, 0.29) is 5.56 Å². The van der Waals surface area contributed by atoms with E-state index in [0.717, 1.165) is 9.71 Å². The third kappa shape index (κ3) is 2.13. The molecule has 0 atom stereocenters. The molecule has 0 bridgehead atoms. The summed E-state index contributed by atoms with van der Waals surface area (Å²) in [6.45, 7) is 0.670. The van der Waals surface area contributed by atoms with E-state index in [9.17, 15) is 8.78 Å². The number of nitrogens with zero attached hydrogens (tertiary/aromatic N) is 1. The van der Waals surface area contributed by atoms with Crippen LogP contribution in [0.25, 0.3) is 10.2 Å². The highest BCUT2D eigenvalue weighted by Crippen LogP contribution is 2.27. The Balaban J connectivity index is 2.43. The first-order valence-electron chi connectivity index (χ1n) is 4.53. The molecule has 0 aliphatic rings. The molecule has 1 heterocycles. The van der Waals surface area contributed by atoms with Crippen LogP contribution in [0.3, 0.4) is 0 Å². The molecule has 1 N–H and O–H groups in total. The van der Waals surface area contributed by atoms with Crippen molar-refractivity contribution in [3.8, 4) is 0 Å². The number of thiazole rings is 1. The SMILES string of the molecule is CNCc1nc2cc(C(F)F)ccc2s1. The van der Waals surface area contributed by atoms with Crippen LogP contribution in [-0.2, 0) is 6.54 Å². The second kappa shape index (κ2) is 4.20. The molecular weight excluding hydrogens is 218 g/mol. The van der Waals surface area contributed by atoms with Gasteiger partial charge < -0.3 is 5.32 Å². The molecule has 5 heteroatoms. The van der Waals surface area contributed by atoms with Crippen molar-refractivity contribution in [2.75, 3.05) is 7.05 Å². The molecule has 80 valence electrons. The van der Waals surface area contributed by atoms with Gasteiger partial charge in [0, 0.05) is 12.1 Å². The Hall–Kier alpha value is -1.07. The van der Waals surface area contributed by atoms with E-state index in [1.54, 1.807) is 6.07 Å². The van der Waals surface area contributed by atoms with E-state index >= 15 is 0 Å². The van der Waals surface area contributed by atoms with Crippen LogP contribution in [0, 0.1) is 0 Å². The summed E-state index contributed by atoms with van der Waals surface area (Å²) in [5, 5.41) is 3.90. The lowest BCUT2D eigenvalue weighted by molar-refractivity contribution is 0.151. The normalized spacial score (nSPS) is 11.5. The lowest BCUT2D eigenvalue weighted by Gasteiger charge is -1.97. The summed E-state index contributed by atoms with van der Waals surface area (Å²) in [4.78, 5) is 4.27. The second-order valence-corrected chi connectivity index (χ2v) is 4.28. The zero-order valence-corrected chi connectivity index (χ0v) is 8.94. The van der Waals surface area contributed by atoms with Crippen LogP contribution < -0.4 is 5.32 Å². The van der Waals surface area contributed by atoms with Crippen molar-refractivity contribution in [3.05, 3.63) is 28.8 Å². The van der Waals surface area contributed by atoms with Crippen LogP contribution in [0.4, 0.5) is 8.78 Å². The second-order valence-electron chi connectivity index (χ2n) is 3.17. The molecule has 0 saturated heterocycles. The van der Waals surface area contributed by atoms with Gasteiger partial charge in [-0.25, -0.2) is 13.8 Å². The third-order valence-electron chi connectivity index (χ3n) is 2.04. The molecule has 0 radical (unpaired) electrons. The average molecular weight is 228 g/mol. The van der Waals surface area contributed by atoms with Crippen molar-refractivity contribution >= 4 is 21.6 Å². The number of halogens is 2. The fourth-order valence-electron chi connectivity index (χ4n) is 1.35. The van der Waals surface area contributed by atoms with Crippen LogP contribution >= 0.6 is 11.3 Å². The molecule has 0 amide bonds. The van der Waals surface area contributed by atoms with E-state index in [1.165, 1.54) is 23.5 Å². The number of hydrogen-bond donors (Lipinski definition) is 1. The van der Waals surface area contributed by atoms with Gasteiger partial charge in [0.2, 0.25) is 0 Å². The van der Waals surface area contributed by atoms with Crippen molar-refractivity contribution in [3.63, 3.8) is 0 Å². The molecule has 2 nitrogen and oxygen atoms in total. The minimum absolute atomic E-state index is 0.0313. The summed E-state index contributed by atoms with van der Waals surface area (Å²) in [6.07, 6.45) is -2.43. The summed E-state index contributed by atoms with van der Waals surface area (Å²) >= 11 is 1.52. The van der Waals surface area contributed by atoms with E-state index in [1.807, 2.05) is 7.05 Å². The minimum Gasteiger partial charge on any atom is -0.314 e. The highest BCUT2D eigenvalue weighted by molar-refractivity contribution is 7.18. The number of aromatic nitrogens is 1. The van der Waals surface area contributed by atoms with Gasteiger partial charge in [-0.15, -0.1) is 11.3 Å². The van der Waals surface area contributed by atoms with Crippen LogP contribution in [0.15, 0.2) is 18.2 Å². The summed E-state index contributed by atoms with van der Waals surface area (Å²) in [6, 6.07) is 4.61. The van der Waals surface area contributed by atoms with Gasteiger partial charge in [-0.3, -0.25) is 0 Å². The molecule has 0 fully saturated rings. The first kappa shape index (κ1) is 10.4. The van der Waals surface area contributed by atoms with Crippen molar-refractivity contribution in [2.24, 2.45) is 0 Å². The van der Waals surface area contributed by atoms with E-state index in [0.29, 0.717) is 12.1 Å². The Bertz CT molecular complexity index is 467. The largest absolute Gasteiger partial charge is 0.314 e. The summed E-state index contributed by atoms with van der Waals surface area (Å²) < 4.78 is 25.8. The zero-order valence-electron chi connectivity index (χ0n) is 8.13. The van der Waals surface area contributed by atoms with Crippen LogP contribution in [-0.4, -0.2) is 12.0 Å². The van der Waals surface area contributed by atoms with Gasteiger partial charge in [-0.05, 0) is 19.2 Å². The quantitative estimate of drug-likeness (QED) is 0.873. The van der Waals surface area contributed by atoms with Crippen LogP contribution in [0.5, 0.6) is 0 Å². The Labute approximate surface area is 89.9 Å². The van der Waals surface area contributed by atoms with E-state index < -0.39 is 6.43 Å². The van der Waals surface area contributed by atoms with Gasteiger partial charge in [0.15, 0.2) is 0 Å². The molecule has 2 rings (SSSR count). The highest BCUT2D eigenvalue weighted by Gasteiger charge is 2.09. The average Bonchev–Trinajstić information content (AvgIpc) is 2.59. The lowest BCUT2D eigenvalue weighted by atomic mass is 10.2. The first-order chi connectivity index (χ1) is 7.20. The summed E-state index contributed by atoms with van der Waals surface area (Å²) in [7, 11) is 1.83. The van der Waals surface area contributed by atoms with Gasteiger partial charge in [0.1, 0.15) is 5.01 Å². The predicted molar refractivity (Wildman–Crippen MR) is 57.3 cm³/mol. The van der Waals surface area contributed by atoms with Gasteiger partial charge in [0.05, 0.1) is 10.2 Å². The van der Waals surface area contributed by atoms with Crippen molar-refractivity contribution in [2.45, 2.75) is 13.0 Å². The lowest BCUT2D eigenvalue weighted by Crippen LogP contribution is -2.03. The fraction of sp³-hybridized carbons (Fsp3) is 0.300. The maximum atomic E-state index is 12.4. The topological polar surface area (TPSA) is 24.9 Å². The van der Waals surface area contributed by atoms with Gasteiger partial charge in [-0.2, -0.15) is 0 Å². The van der Waals surface area contributed by atoms with Crippen LogP contribution in [0.2, 0.25) is 0 Å². The smallest absolute Gasteiger partial charge is 0.263 e. The molecule has 0 aliphatic heterocycles. The molecule has 1 aromatic heterocycles. The Morgan fingerprint density at radius 3 is 2.93 bits per heavy atom. The Morgan fingerprint density at radius 1 is 1.47 bits per heavy atom. The number of hydrogen-bond acceptors (Lipinski definition) is 3. The number of fused-ring (bicyclic) bond motifs is 1. The Morgan fingerprint density at radius 2 is 2.27 bits per heavy atom. The standard InChI is InChI=1S/C10H10F2N2S/c1-13-5-9-14-7-4-6(10(11)12)2-3-8(7)15-9/h2-4,10,13H,5H2,1H3. The zero-order chi connectivity index (χ0) is 10.8. The number of benzene rings is 1. The van der Waals surface area contributed by atoms with Crippen molar-refractivity contribution < 1.29 is 8.78 Å². The molecule has 0 unspecified atom stereocenters. The Kier molecular flexibility index (Phi) is 2.93. The molecule has 15 heavy (non-hydrogen) atoms. The van der Waals surface area contributed by atoms with Crippen molar-refractivity contribution in [1.82, 2.24) is 10.3 Å². The molecule has 0 aliphatic carbocycles. The summed E-state index contributed by atoms with van der Waals surface area (Å²) in [5.41, 5.74) is 0.687. The maximum absolute atomic E-state index is 12.4. The molecular formula is C10H10F2N2S. The fourth-order valence-corrected chi connectivity index (χ4v) is 2.31. The van der Waals surface area contributed by atoms with E-state index in [2.05, 4.69) is 10.3 Å². The number of alkyl halides is 2. The maximum Gasteiger partial charge on any atom is 0.263 e. The predicted octanol–water partition coefficient (Wildman–Crippen LogP) is 2.95. The molecule has 2 aromatic rings. The van der Waals surface area contributed by atoms with Crippen molar-refractivity contribution in [1.29, 1.82) is 0 Å². The van der Waals surface area contributed by atoms with Gasteiger partial charge >= 0.3 is 0 Å². The first-order valence-corrected chi connectivity index (χ1v) is 5.34. The monoisotopic (exact) mass is 228 g/mol.